The zero-order chi connectivity index (χ0) is 13.7. The molecule has 0 heterocycles. The molecule has 0 spiro atoms. The monoisotopic (exact) mass is 260 g/mol. The van der Waals surface area contributed by atoms with Gasteiger partial charge in [0.05, 0.1) is 0 Å². The van der Waals surface area contributed by atoms with Crippen molar-refractivity contribution in [3.63, 3.8) is 0 Å². The van der Waals surface area contributed by atoms with E-state index in [1.165, 1.54) is 0 Å². The van der Waals surface area contributed by atoms with E-state index in [1.807, 2.05) is 18.2 Å². The van der Waals surface area contributed by atoms with E-state index in [2.05, 4.69) is 17.6 Å². The summed E-state index contributed by atoms with van der Waals surface area (Å²) in [5.41, 5.74) is 0.639. The van der Waals surface area contributed by atoms with Gasteiger partial charge in [0.25, 0.3) is 0 Å². The first-order valence-corrected chi connectivity index (χ1v) is 6.82. The van der Waals surface area contributed by atoms with Gasteiger partial charge >= 0.3 is 11.8 Å². The van der Waals surface area contributed by atoms with Gasteiger partial charge in [-0.05, 0) is 43.7 Å². The molecule has 1 saturated carbocycles. The van der Waals surface area contributed by atoms with Crippen molar-refractivity contribution in [1.29, 1.82) is 0 Å². The Balaban J connectivity index is 1.81. The number of carbonyl (C=O) groups excluding carboxylic acids is 2. The fourth-order valence-corrected chi connectivity index (χ4v) is 2.36. The van der Waals surface area contributed by atoms with Gasteiger partial charge in [0.2, 0.25) is 0 Å². The van der Waals surface area contributed by atoms with Crippen molar-refractivity contribution in [2.24, 2.45) is 5.92 Å². The molecule has 19 heavy (non-hydrogen) atoms. The molecule has 0 atom stereocenters. The van der Waals surface area contributed by atoms with Crippen molar-refractivity contribution >= 4 is 17.5 Å². The van der Waals surface area contributed by atoms with Crippen LogP contribution in [-0.4, -0.2) is 17.9 Å². The van der Waals surface area contributed by atoms with Crippen LogP contribution in [0.25, 0.3) is 0 Å². The predicted octanol–water partition coefficient (Wildman–Crippen LogP) is 2.32. The molecule has 2 amide bonds. The summed E-state index contributed by atoms with van der Waals surface area (Å²) in [6.45, 7) is 2.22. The molecule has 0 aliphatic heterocycles. The van der Waals surface area contributed by atoms with Gasteiger partial charge in [-0.15, -0.1) is 0 Å². The summed E-state index contributed by atoms with van der Waals surface area (Å²) in [5, 5.41) is 5.40. The lowest BCUT2D eigenvalue weighted by Crippen LogP contribution is -2.43. The Hall–Kier alpha value is -1.84. The van der Waals surface area contributed by atoms with Crippen LogP contribution in [0.2, 0.25) is 0 Å². The second kappa shape index (κ2) is 6.36. The molecule has 1 aliphatic carbocycles. The maximum absolute atomic E-state index is 11.8. The van der Waals surface area contributed by atoms with E-state index in [9.17, 15) is 9.59 Å². The minimum atomic E-state index is -0.593. The van der Waals surface area contributed by atoms with Gasteiger partial charge in [-0.3, -0.25) is 9.59 Å². The maximum Gasteiger partial charge on any atom is 0.313 e. The highest BCUT2D eigenvalue weighted by Crippen LogP contribution is 2.23. The molecular weight excluding hydrogens is 240 g/mol. The van der Waals surface area contributed by atoms with E-state index in [4.69, 9.17) is 0 Å². The van der Waals surface area contributed by atoms with Crippen LogP contribution in [0.1, 0.15) is 32.6 Å². The van der Waals surface area contributed by atoms with Crippen LogP contribution in [0.15, 0.2) is 30.3 Å². The van der Waals surface area contributed by atoms with Gasteiger partial charge in [0.15, 0.2) is 0 Å². The first kappa shape index (κ1) is 13.6. The van der Waals surface area contributed by atoms with E-state index in [-0.39, 0.29) is 6.04 Å². The third kappa shape index (κ3) is 4.09. The van der Waals surface area contributed by atoms with Crippen molar-refractivity contribution in [3.8, 4) is 0 Å². The van der Waals surface area contributed by atoms with Gasteiger partial charge < -0.3 is 10.6 Å². The third-order valence-electron chi connectivity index (χ3n) is 3.59. The van der Waals surface area contributed by atoms with Gasteiger partial charge in [0, 0.05) is 11.7 Å². The lowest BCUT2D eigenvalue weighted by atomic mass is 9.87. The first-order chi connectivity index (χ1) is 9.15. The summed E-state index contributed by atoms with van der Waals surface area (Å²) in [6.07, 6.45) is 4.16. The van der Waals surface area contributed by atoms with Crippen LogP contribution >= 0.6 is 0 Å². The number of hydrogen-bond donors (Lipinski definition) is 2. The fourth-order valence-electron chi connectivity index (χ4n) is 2.36. The van der Waals surface area contributed by atoms with Crippen LogP contribution in [0.3, 0.4) is 0 Å². The highest BCUT2D eigenvalue weighted by atomic mass is 16.2. The van der Waals surface area contributed by atoms with E-state index < -0.39 is 11.8 Å². The Kier molecular flexibility index (Phi) is 4.55. The van der Waals surface area contributed by atoms with Crippen molar-refractivity contribution in [2.45, 2.75) is 38.6 Å². The maximum atomic E-state index is 11.8. The van der Waals surface area contributed by atoms with Crippen molar-refractivity contribution < 1.29 is 9.59 Å². The molecule has 0 radical (unpaired) electrons. The summed E-state index contributed by atoms with van der Waals surface area (Å²) in [7, 11) is 0. The Morgan fingerprint density at radius 1 is 1.00 bits per heavy atom. The van der Waals surface area contributed by atoms with Crippen LogP contribution < -0.4 is 10.6 Å². The van der Waals surface area contributed by atoms with E-state index >= 15 is 0 Å². The molecule has 1 aromatic rings. The number of anilines is 1. The Morgan fingerprint density at radius 3 is 2.26 bits per heavy atom. The molecule has 4 heteroatoms. The average Bonchev–Trinajstić information content (AvgIpc) is 2.42. The molecule has 102 valence electrons. The molecule has 1 aromatic carbocycles. The molecule has 4 nitrogen and oxygen atoms in total. The summed E-state index contributed by atoms with van der Waals surface area (Å²) in [6, 6.07) is 9.15. The lowest BCUT2D eigenvalue weighted by Gasteiger charge is -2.26. The third-order valence-corrected chi connectivity index (χ3v) is 3.59. The summed E-state index contributed by atoms with van der Waals surface area (Å²) in [5.74, 6) is -0.403. The average molecular weight is 260 g/mol. The highest BCUT2D eigenvalue weighted by Gasteiger charge is 2.22. The number of hydrogen-bond acceptors (Lipinski definition) is 2. The summed E-state index contributed by atoms with van der Waals surface area (Å²) >= 11 is 0. The predicted molar refractivity (Wildman–Crippen MR) is 74.6 cm³/mol. The molecule has 0 aromatic heterocycles. The fraction of sp³-hybridized carbons (Fsp3) is 0.467. The van der Waals surface area contributed by atoms with Crippen molar-refractivity contribution in [2.75, 3.05) is 5.32 Å². The van der Waals surface area contributed by atoms with Crippen LogP contribution in [0.5, 0.6) is 0 Å². The summed E-state index contributed by atoms with van der Waals surface area (Å²) < 4.78 is 0. The second-order valence-corrected chi connectivity index (χ2v) is 5.25. The number of nitrogens with one attached hydrogen (secondary N) is 2. The zero-order valence-electron chi connectivity index (χ0n) is 11.2. The molecule has 1 aliphatic rings. The van der Waals surface area contributed by atoms with Gasteiger partial charge in [0.1, 0.15) is 0 Å². The SMILES string of the molecule is CC1CCC(NC(=O)C(=O)Nc2ccccc2)CC1. The molecule has 0 saturated heterocycles. The number of amides is 2. The van der Waals surface area contributed by atoms with E-state index in [1.54, 1.807) is 12.1 Å². The molecule has 1 fully saturated rings. The highest BCUT2D eigenvalue weighted by molar-refractivity contribution is 6.39. The molecule has 2 rings (SSSR count). The van der Waals surface area contributed by atoms with Gasteiger partial charge in [-0.1, -0.05) is 25.1 Å². The first-order valence-electron chi connectivity index (χ1n) is 6.82. The molecule has 0 bridgehead atoms. The van der Waals surface area contributed by atoms with E-state index in [0.717, 1.165) is 31.6 Å². The number of benzene rings is 1. The number of carbonyl (C=O) groups is 2. The summed E-state index contributed by atoms with van der Waals surface area (Å²) in [4.78, 5) is 23.5. The van der Waals surface area contributed by atoms with Crippen LogP contribution in [-0.2, 0) is 9.59 Å². The minimum Gasteiger partial charge on any atom is -0.345 e. The Labute approximate surface area is 113 Å². The normalized spacial score (nSPS) is 22.6. The lowest BCUT2D eigenvalue weighted by molar-refractivity contribution is -0.136. The van der Waals surface area contributed by atoms with E-state index in [0.29, 0.717) is 5.69 Å². The van der Waals surface area contributed by atoms with Gasteiger partial charge in [-0.25, -0.2) is 0 Å². The van der Waals surface area contributed by atoms with Crippen molar-refractivity contribution in [1.82, 2.24) is 5.32 Å². The Morgan fingerprint density at radius 2 is 1.63 bits per heavy atom. The smallest absolute Gasteiger partial charge is 0.313 e. The topological polar surface area (TPSA) is 58.2 Å². The second-order valence-electron chi connectivity index (χ2n) is 5.25. The quantitative estimate of drug-likeness (QED) is 0.802. The zero-order valence-corrected chi connectivity index (χ0v) is 11.2. The number of rotatable bonds is 2. The van der Waals surface area contributed by atoms with Crippen LogP contribution in [0.4, 0.5) is 5.69 Å². The Bertz CT molecular complexity index is 437. The minimum absolute atomic E-state index is 0.144. The molecular formula is C15H20N2O2. The van der Waals surface area contributed by atoms with Crippen LogP contribution in [0, 0.1) is 5.92 Å². The standard InChI is InChI=1S/C15H20N2O2/c1-11-7-9-13(10-8-11)17-15(19)14(18)16-12-5-3-2-4-6-12/h2-6,11,13H,7-10H2,1H3,(H,16,18)(H,17,19). The number of para-hydroxylation sites is 1. The molecule has 2 N–H and O–H groups in total. The van der Waals surface area contributed by atoms with Gasteiger partial charge in [-0.2, -0.15) is 0 Å². The molecule has 0 unspecified atom stereocenters. The largest absolute Gasteiger partial charge is 0.345 e. The van der Waals surface area contributed by atoms with Crippen molar-refractivity contribution in [3.05, 3.63) is 30.3 Å².